The van der Waals surface area contributed by atoms with Gasteiger partial charge in [0.15, 0.2) is 5.54 Å². The Labute approximate surface area is 149 Å². The molecule has 0 bridgehead atoms. The summed E-state index contributed by atoms with van der Waals surface area (Å²) in [4.78, 5) is 25.9. The third-order valence-electron chi connectivity index (χ3n) is 4.26. The van der Waals surface area contributed by atoms with Crippen molar-refractivity contribution < 1.29 is 14.0 Å². The highest BCUT2D eigenvalue weighted by Crippen LogP contribution is 2.36. The third-order valence-corrected chi connectivity index (χ3v) is 4.26. The first kappa shape index (κ1) is 15.8. The van der Waals surface area contributed by atoms with E-state index in [1.165, 1.54) is 12.5 Å². The van der Waals surface area contributed by atoms with Crippen LogP contribution in [-0.4, -0.2) is 23.2 Å². The molecule has 3 aromatic rings. The van der Waals surface area contributed by atoms with Crippen molar-refractivity contribution in [2.24, 2.45) is 5.10 Å². The molecule has 1 aliphatic rings. The Kier molecular flexibility index (Phi) is 3.85. The number of amides is 3. The van der Waals surface area contributed by atoms with Gasteiger partial charge in [-0.05, 0) is 23.3 Å². The minimum Gasteiger partial charge on any atom is -0.463 e. The molecule has 6 heteroatoms. The molecule has 1 aromatic heterocycles. The van der Waals surface area contributed by atoms with Crippen molar-refractivity contribution in [1.29, 1.82) is 0 Å². The number of urea groups is 1. The first-order chi connectivity index (χ1) is 12.7. The van der Waals surface area contributed by atoms with E-state index in [4.69, 9.17) is 4.42 Å². The highest BCUT2D eigenvalue weighted by atomic mass is 16.3. The first-order valence-corrected chi connectivity index (χ1v) is 8.07. The highest BCUT2D eigenvalue weighted by Gasteiger charge is 2.54. The molecule has 26 heavy (non-hydrogen) atoms. The molecule has 1 fully saturated rings. The third kappa shape index (κ3) is 2.48. The SMILES string of the molecule is O=C1NC(c2ccccc2)(c2ccccc2)C(=O)N1/N=C\c1ccco1. The second-order valence-electron chi connectivity index (χ2n) is 5.79. The Balaban J connectivity index is 1.80. The Hall–Kier alpha value is -3.67. The molecule has 0 saturated carbocycles. The van der Waals surface area contributed by atoms with Gasteiger partial charge < -0.3 is 9.73 Å². The fourth-order valence-corrected chi connectivity index (χ4v) is 3.04. The molecule has 0 spiro atoms. The molecule has 6 nitrogen and oxygen atoms in total. The van der Waals surface area contributed by atoms with E-state index >= 15 is 0 Å². The minimum absolute atomic E-state index is 0.447. The molecule has 3 amide bonds. The van der Waals surface area contributed by atoms with Gasteiger partial charge in [-0.25, -0.2) is 4.79 Å². The van der Waals surface area contributed by atoms with Gasteiger partial charge in [0.25, 0.3) is 5.91 Å². The van der Waals surface area contributed by atoms with E-state index in [9.17, 15) is 9.59 Å². The van der Waals surface area contributed by atoms with Crippen LogP contribution < -0.4 is 5.32 Å². The number of carbonyl (C=O) groups is 2. The van der Waals surface area contributed by atoms with Crippen LogP contribution in [0.3, 0.4) is 0 Å². The summed E-state index contributed by atoms with van der Waals surface area (Å²) in [5.74, 6) is -0.0229. The van der Waals surface area contributed by atoms with Crippen molar-refractivity contribution in [3.63, 3.8) is 0 Å². The molecule has 1 N–H and O–H groups in total. The molecular weight excluding hydrogens is 330 g/mol. The van der Waals surface area contributed by atoms with Crippen LogP contribution in [0.5, 0.6) is 0 Å². The quantitative estimate of drug-likeness (QED) is 0.583. The van der Waals surface area contributed by atoms with Gasteiger partial charge in [-0.3, -0.25) is 4.79 Å². The van der Waals surface area contributed by atoms with E-state index in [1.54, 1.807) is 12.1 Å². The lowest BCUT2D eigenvalue weighted by molar-refractivity contribution is -0.130. The van der Waals surface area contributed by atoms with Crippen LogP contribution in [0.1, 0.15) is 16.9 Å². The van der Waals surface area contributed by atoms with Crippen LogP contribution in [0.2, 0.25) is 0 Å². The number of hydrazone groups is 1. The monoisotopic (exact) mass is 345 g/mol. The normalized spacial score (nSPS) is 16.2. The fraction of sp³-hybridized carbons (Fsp3) is 0.0500. The predicted molar refractivity (Wildman–Crippen MR) is 95.3 cm³/mol. The van der Waals surface area contributed by atoms with Gasteiger partial charge in [-0.15, -0.1) is 5.01 Å². The molecule has 1 saturated heterocycles. The number of benzene rings is 2. The van der Waals surface area contributed by atoms with E-state index in [2.05, 4.69) is 10.4 Å². The molecular formula is C20H15N3O3. The molecule has 2 aromatic carbocycles. The summed E-state index contributed by atoms with van der Waals surface area (Å²) < 4.78 is 5.17. The topological polar surface area (TPSA) is 74.9 Å². The number of hydrogen-bond donors (Lipinski definition) is 1. The zero-order valence-electron chi connectivity index (χ0n) is 13.7. The summed E-state index contributed by atoms with van der Waals surface area (Å²) in [5.41, 5.74) is 0.0145. The molecule has 0 radical (unpaired) electrons. The van der Waals surface area contributed by atoms with Crippen LogP contribution in [0.15, 0.2) is 88.6 Å². The molecule has 1 aliphatic heterocycles. The van der Waals surface area contributed by atoms with Gasteiger partial charge in [0.05, 0.1) is 12.5 Å². The Morgan fingerprint density at radius 1 is 0.885 bits per heavy atom. The minimum atomic E-state index is -1.32. The van der Waals surface area contributed by atoms with Crippen molar-refractivity contribution in [2.45, 2.75) is 5.54 Å². The highest BCUT2D eigenvalue weighted by molar-refractivity contribution is 6.09. The zero-order valence-corrected chi connectivity index (χ0v) is 13.7. The van der Waals surface area contributed by atoms with E-state index in [0.29, 0.717) is 16.9 Å². The van der Waals surface area contributed by atoms with Gasteiger partial charge in [0, 0.05) is 0 Å². The number of hydrogen-bond acceptors (Lipinski definition) is 4. The van der Waals surface area contributed by atoms with Crippen molar-refractivity contribution in [3.8, 4) is 0 Å². The van der Waals surface area contributed by atoms with Crippen molar-refractivity contribution >= 4 is 18.2 Å². The lowest BCUT2D eigenvalue weighted by atomic mass is 9.83. The first-order valence-electron chi connectivity index (χ1n) is 8.07. The van der Waals surface area contributed by atoms with Gasteiger partial charge in [-0.2, -0.15) is 5.10 Å². The largest absolute Gasteiger partial charge is 0.463 e. The maximum Gasteiger partial charge on any atom is 0.346 e. The van der Waals surface area contributed by atoms with E-state index in [-0.39, 0.29) is 0 Å². The van der Waals surface area contributed by atoms with Crippen LogP contribution in [-0.2, 0) is 10.3 Å². The number of furan rings is 1. The molecule has 0 unspecified atom stereocenters. The number of imide groups is 1. The summed E-state index contributed by atoms with van der Waals surface area (Å²) in [6.07, 6.45) is 2.83. The second kappa shape index (κ2) is 6.33. The lowest BCUT2D eigenvalue weighted by Gasteiger charge is -2.27. The summed E-state index contributed by atoms with van der Waals surface area (Å²) in [6.45, 7) is 0. The standard InChI is InChI=1S/C20H15N3O3/c24-18-20(15-8-3-1-4-9-15,16-10-5-2-6-11-16)22-19(25)23(18)21-14-17-12-7-13-26-17/h1-14H,(H,22,25)/b21-14-. The van der Waals surface area contributed by atoms with Gasteiger partial charge in [0.2, 0.25) is 0 Å². The number of nitrogens with one attached hydrogen (secondary N) is 1. The van der Waals surface area contributed by atoms with Crippen LogP contribution in [0.25, 0.3) is 0 Å². The summed E-state index contributed by atoms with van der Waals surface area (Å²) in [5, 5.41) is 7.69. The number of rotatable bonds is 4. The van der Waals surface area contributed by atoms with Gasteiger partial charge in [-0.1, -0.05) is 60.7 Å². The average molecular weight is 345 g/mol. The predicted octanol–water partition coefficient (Wildman–Crippen LogP) is 3.11. The zero-order chi connectivity index (χ0) is 18.0. The lowest BCUT2D eigenvalue weighted by Crippen LogP contribution is -2.44. The molecule has 4 rings (SSSR count). The fourth-order valence-electron chi connectivity index (χ4n) is 3.04. The van der Waals surface area contributed by atoms with Gasteiger partial charge in [0.1, 0.15) is 5.76 Å². The van der Waals surface area contributed by atoms with E-state index < -0.39 is 17.5 Å². The summed E-state index contributed by atoms with van der Waals surface area (Å²) in [6, 6.07) is 21.1. The summed E-state index contributed by atoms with van der Waals surface area (Å²) in [7, 11) is 0. The van der Waals surface area contributed by atoms with Crippen molar-refractivity contribution in [2.75, 3.05) is 0 Å². The van der Waals surface area contributed by atoms with Crippen LogP contribution >= 0.6 is 0 Å². The molecule has 128 valence electrons. The average Bonchev–Trinajstić information content (AvgIpc) is 3.29. The maximum absolute atomic E-state index is 13.3. The number of nitrogens with zero attached hydrogens (tertiary/aromatic N) is 2. The molecule has 0 atom stereocenters. The van der Waals surface area contributed by atoms with Crippen molar-refractivity contribution in [1.82, 2.24) is 10.3 Å². The molecule has 2 heterocycles. The smallest absolute Gasteiger partial charge is 0.346 e. The Morgan fingerprint density at radius 3 is 2.04 bits per heavy atom. The van der Waals surface area contributed by atoms with Crippen LogP contribution in [0.4, 0.5) is 4.79 Å². The number of carbonyl (C=O) groups excluding carboxylic acids is 2. The van der Waals surface area contributed by atoms with Crippen LogP contribution in [0, 0.1) is 0 Å². The molecule has 0 aliphatic carbocycles. The maximum atomic E-state index is 13.3. The van der Waals surface area contributed by atoms with E-state index in [1.807, 2.05) is 60.7 Å². The van der Waals surface area contributed by atoms with Crippen molar-refractivity contribution in [3.05, 3.63) is 95.9 Å². The Morgan fingerprint density at radius 2 is 1.50 bits per heavy atom. The summed E-state index contributed by atoms with van der Waals surface area (Å²) >= 11 is 0. The van der Waals surface area contributed by atoms with E-state index in [0.717, 1.165) is 5.01 Å². The Bertz CT molecular complexity index is 911. The second-order valence-corrected chi connectivity index (χ2v) is 5.79. The van der Waals surface area contributed by atoms with Gasteiger partial charge >= 0.3 is 6.03 Å².